The fraction of sp³-hybridized carbons (Fsp3) is 0.462. The lowest BCUT2D eigenvalue weighted by Gasteiger charge is -2.34. The van der Waals surface area contributed by atoms with Crippen LogP contribution in [0.15, 0.2) is 48.5 Å². The summed E-state index contributed by atoms with van der Waals surface area (Å²) in [5.41, 5.74) is 8.22. The Labute approximate surface area is 188 Å². The molecule has 32 heavy (non-hydrogen) atoms. The van der Waals surface area contributed by atoms with E-state index in [-0.39, 0.29) is 35.6 Å². The van der Waals surface area contributed by atoms with E-state index in [9.17, 15) is 14.0 Å². The lowest BCUT2D eigenvalue weighted by Crippen LogP contribution is -2.53. The summed E-state index contributed by atoms with van der Waals surface area (Å²) in [4.78, 5) is 27.8. The first-order valence-electron chi connectivity index (χ1n) is 11.7. The number of nitrogens with two attached hydrogens (primary N) is 1. The van der Waals surface area contributed by atoms with Crippen LogP contribution >= 0.6 is 0 Å². The standard InChI is InChI=1S/C26H30FN3O2/c27-21-9-3-8-20(16-21)19-7-1-4-17(14-19)15-23-22(29-25(32)26(28)11-12-26)10-13-30(23)24(31)18-5-2-6-18/h1,3-4,7-9,14,16,18,22-23H,2,5-6,10-13,15,28H2,(H,29,32). The van der Waals surface area contributed by atoms with Crippen LogP contribution in [-0.2, 0) is 16.0 Å². The summed E-state index contributed by atoms with van der Waals surface area (Å²) >= 11 is 0. The van der Waals surface area contributed by atoms with Crippen molar-refractivity contribution in [3.05, 3.63) is 59.9 Å². The highest BCUT2D eigenvalue weighted by Crippen LogP contribution is 2.35. The molecule has 168 valence electrons. The summed E-state index contributed by atoms with van der Waals surface area (Å²) in [5, 5.41) is 3.16. The van der Waals surface area contributed by atoms with E-state index < -0.39 is 5.54 Å². The topological polar surface area (TPSA) is 75.4 Å². The Morgan fingerprint density at radius 3 is 2.44 bits per heavy atom. The van der Waals surface area contributed by atoms with Gasteiger partial charge in [0.05, 0.1) is 17.6 Å². The molecule has 3 N–H and O–H groups in total. The van der Waals surface area contributed by atoms with Gasteiger partial charge in [0, 0.05) is 12.5 Å². The minimum atomic E-state index is -0.729. The minimum absolute atomic E-state index is 0.0982. The van der Waals surface area contributed by atoms with Crippen LogP contribution in [0.4, 0.5) is 4.39 Å². The summed E-state index contributed by atoms with van der Waals surface area (Å²) in [6.45, 7) is 0.659. The first-order chi connectivity index (χ1) is 15.4. The third-order valence-electron chi connectivity index (χ3n) is 7.37. The predicted molar refractivity (Wildman–Crippen MR) is 121 cm³/mol. The van der Waals surface area contributed by atoms with Crippen molar-refractivity contribution in [2.24, 2.45) is 11.7 Å². The molecule has 0 aromatic heterocycles. The van der Waals surface area contributed by atoms with E-state index in [1.807, 2.05) is 29.2 Å². The van der Waals surface area contributed by atoms with E-state index in [1.165, 1.54) is 12.1 Å². The lowest BCUT2D eigenvalue weighted by molar-refractivity contribution is -0.139. The number of carbonyl (C=O) groups is 2. The zero-order valence-electron chi connectivity index (χ0n) is 18.2. The molecule has 6 heteroatoms. The normalized spacial score (nSPS) is 24.1. The zero-order chi connectivity index (χ0) is 22.3. The second-order valence-electron chi connectivity index (χ2n) is 9.67. The van der Waals surface area contributed by atoms with Crippen molar-refractivity contribution >= 4 is 11.8 Å². The molecule has 1 aliphatic heterocycles. The van der Waals surface area contributed by atoms with Gasteiger partial charge in [-0.15, -0.1) is 0 Å². The number of amides is 2. The van der Waals surface area contributed by atoms with Crippen molar-refractivity contribution in [2.75, 3.05) is 6.54 Å². The quantitative estimate of drug-likeness (QED) is 0.730. The van der Waals surface area contributed by atoms with Crippen LogP contribution in [0.5, 0.6) is 0 Å². The number of likely N-dealkylation sites (tertiary alicyclic amines) is 1. The van der Waals surface area contributed by atoms with E-state index in [0.29, 0.717) is 13.0 Å². The van der Waals surface area contributed by atoms with E-state index in [0.717, 1.165) is 55.2 Å². The van der Waals surface area contributed by atoms with E-state index in [2.05, 4.69) is 11.4 Å². The van der Waals surface area contributed by atoms with Crippen molar-refractivity contribution in [3.63, 3.8) is 0 Å². The fourth-order valence-electron chi connectivity index (χ4n) is 4.90. The van der Waals surface area contributed by atoms with E-state index in [4.69, 9.17) is 5.73 Å². The molecule has 2 aromatic rings. The van der Waals surface area contributed by atoms with Crippen LogP contribution in [0, 0.1) is 11.7 Å². The molecule has 1 heterocycles. The number of halogens is 1. The molecular formula is C26H30FN3O2. The minimum Gasteiger partial charge on any atom is -0.350 e. The van der Waals surface area contributed by atoms with Crippen molar-refractivity contribution in [1.29, 1.82) is 0 Å². The molecule has 2 saturated carbocycles. The average Bonchev–Trinajstić information content (AvgIpc) is 3.38. The molecule has 5 nitrogen and oxygen atoms in total. The Bertz CT molecular complexity index is 1030. The largest absolute Gasteiger partial charge is 0.350 e. The first-order valence-corrected chi connectivity index (χ1v) is 11.7. The van der Waals surface area contributed by atoms with Gasteiger partial charge < -0.3 is 16.0 Å². The van der Waals surface area contributed by atoms with Gasteiger partial charge >= 0.3 is 0 Å². The van der Waals surface area contributed by atoms with Gasteiger partial charge in [-0.3, -0.25) is 9.59 Å². The van der Waals surface area contributed by atoms with Crippen LogP contribution in [0.3, 0.4) is 0 Å². The third-order valence-corrected chi connectivity index (χ3v) is 7.37. The molecule has 2 aromatic carbocycles. The van der Waals surface area contributed by atoms with Crippen molar-refractivity contribution in [2.45, 2.75) is 62.6 Å². The monoisotopic (exact) mass is 435 g/mol. The highest BCUT2D eigenvalue weighted by molar-refractivity contribution is 5.89. The molecular weight excluding hydrogens is 405 g/mol. The number of hydrogen-bond acceptors (Lipinski definition) is 3. The number of rotatable bonds is 6. The number of nitrogens with one attached hydrogen (secondary N) is 1. The predicted octanol–water partition coefficient (Wildman–Crippen LogP) is 3.41. The molecule has 0 spiro atoms. The van der Waals surface area contributed by atoms with Crippen LogP contribution in [-0.4, -0.2) is 40.9 Å². The van der Waals surface area contributed by atoms with E-state index >= 15 is 0 Å². The highest BCUT2D eigenvalue weighted by Gasteiger charge is 2.48. The molecule has 0 bridgehead atoms. The maximum Gasteiger partial charge on any atom is 0.240 e. The molecule has 0 radical (unpaired) electrons. The number of nitrogens with zero attached hydrogens (tertiary/aromatic N) is 1. The van der Waals surface area contributed by atoms with Crippen molar-refractivity contribution in [3.8, 4) is 11.1 Å². The fourth-order valence-corrected chi connectivity index (χ4v) is 4.90. The van der Waals surface area contributed by atoms with Crippen LogP contribution < -0.4 is 11.1 Å². The summed E-state index contributed by atoms with van der Waals surface area (Å²) in [6.07, 6.45) is 5.85. The van der Waals surface area contributed by atoms with E-state index in [1.54, 1.807) is 6.07 Å². The molecule has 3 fully saturated rings. The Morgan fingerprint density at radius 1 is 1.06 bits per heavy atom. The summed E-state index contributed by atoms with van der Waals surface area (Å²) < 4.78 is 13.7. The molecule has 5 rings (SSSR count). The van der Waals surface area contributed by atoms with Gasteiger partial charge in [0.25, 0.3) is 0 Å². The molecule has 3 aliphatic rings. The summed E-state index contributed by atoms with van der Waals surface area (Å²) in [5.74, 6) is -0.0264. The molecule has 1 saturated heterocycles. The number of benzene rings is 2. The summed E-state index contributed by atoms with van der Waals surface area (Å²) in [7, 11) is 0. The van der Waals surface area contributed by atoms with Gasteiger partial charge in [-0.1, -0.05) is 42.8 Å². The molecule has 2 unspecified atom stereocenters. The second kappa shape index (κ2) is 8.32. The highest BCUT2D eigenvalue weighted by atomic mass is 19.1. The van der Waals surface area contributed by atoms with Gasteiger partial charge in [0.15, 0.2) is 0 Å². The van der Waals surface area contributed by atoms with Crippen LogP contribution in [0.1, 0.15) is 44.1 Å². The number of hydrogen-bond donors (Lipinski definition) is 2. The Hall–Kier alpha value is -2.73. The Kier molecular flexibility index (Phi) is 5.49. The maximum absolute atomic E-state index is 13.7. The first kappa shape index (κ1) is 21.1. The molecule has 2 atom stereocenters. The van der Waals surface area contributed by atoms with Crippen molar-refractivity contribution in [1.82, 2.24) is 10.2 Å². The molecule has 2 aliphatic carbocycles. The Morgan fingerprint density at radius 2 is 1.78 bits per heavy atom. The van der Waals surface area contributed by atoms with Gasteiger partial charge in [0.2, 0.25) is 11.8 Å². The van der Waals surface area contributed by atoms with Gasteiger partial charge in [0.1, 0.15) is 5.82 Å². The Balaban J connectivity index is 1.38. The zero-order valence-corrected chi connectivity index (χ0v) is 18.2. The lowest BCUT2D eigenvalue weighted by atomic mass is 9.84. The smallest absolute Gasteiger partial charge is 0.240 e. The number of carbonyl (C=O) groups excluding carboxylic acids is 2. The third kappa shape index (κ3) is 4.16. The second-order valence-corrected chi connectivity index (χ2v) is 9.67. The summed E-state index contributed by atoms with van der Waals surface area (Å²) in [6, 6.07) is 14.4. The average molecular weight is 436 g/mol. The van der Waals surface area contributed by atoms with Gasteiger partial charge in [-0.2, -0.15) is 0 Å². The van der Waals surface area contributed by atoms with Gasteiger partial charge in [-0.25, -0.2) is 4.39 Å². The van der Waals surface area contributed by atoms with Crippen LogP contribution in [0.2, 0.25) is 0 Å². The SMILES string of the molecule is NC1(C(=O)NC2CCN(C(=O)C3CCC3)C2Cc2cccc(-c3cccc(F)c3)c2)CC1. The molecule has 2 amide bonds. The van der Waals surface area contributed by atoms with Gasteiger partial charge in [-0.05, 0) is 67.3 Å². The maximum atomic E-state index is 13.7. The van der Waals surface area contributed by atoms with Crippen LogP contribution in [0.25, 0.3) is 11.1 Å². The van der Waals surface area contributed by atoms with Crippen molar-refractivity contribution < 1.29 is 14.0 Å².